The van der Waals surface area contributed by atoms with Crippen molar-refractivity contribution in [2.45, 2.75) is 138 Å². The normalized spacial score (nSPS) is 13.7. The molecule has 2 rings (SSSR count). The average Bonchev–Trinajstić information content (AvgIpc) is 2.65. The van der Waals surface area contributed by atoms with Gasteiger partial charge in [0.05, 0.1) is 6.04 Å². The maximum Gasteiger partial charge on any atom is 0.123 e. The Balaban J connectivity index is 2.60. The fourth-order valence-corrected chi connectivity index (χ4v) is 4.87. The van der Waals surface area contributed by atoms with Crippen molar-refractivity contribution in [2.24, 2.45) is 0 Å². The van der Waals surface area contributed by atoms with E-state index in [0.29, 0.717) is 17.5 Å². The van der Waals surface area contributed by atoms with Gasteiger partial charge in [0.2, 0.25) is 0 Å². The van der Waals surface area contributed by atoms with E-state index in [0.717, 1.165) is 35.3 Å². The molecule has 0 aliphatic carbocycles. The van der Waals surface area contributed by atoms with Gasteiger partial charge in [0.1, 0.15) is 24.6 Å². The number of benzene rings is 2. The van der Waals surface area contributed by atoms with Crippen molar-refractivity contribution in [2.75, 3.05) is 0 Å². The van der Waals surface area contributed by atoms with Crippen LogP contribution in [0.2, 0.25) is 0 Å². The Morgan fingerprint density at radius 3 is 0.917 bits per heavy atom. The largest absolute Gasteiger partial charge is 0.507 e. The topological polar surface area (TPSA) is 44.9 Å². The minimum Gasteiger partial charge on any atom is -0.507 e. The summed E-state index contributed by atoms with van der Waals surface area (Å²) in [4.78, 5) is 1.46. The molecular weight excluding hydrogens is 442 g/mol. The molecule has 36 heavy (non-hydrogen) atoms. The highest BCUT2D eigenvalue weighted by Gasteiger charge is 2.30. The first-order valence-corrected chi connectivity index (χ1v) is 13.6. The van der Waals surface area contributed by atoms with Crippen LogP contribution in [0, 0.1) is 0 Å². The number of phenols is 2. The van der Waals surface area contributed by atoms with Gasteiger partial charge in [0.25, 0.3) is 0 Å². The van der Waals surface area contributed by atoms with Crippen molar-refractivity contribution in [1.82, 2.24) is 0 Å². The van der Waals surface area contributed by atoms with Gasteiger partial charge >= 0.3 is 0 Å². The summed E-state index contributed by atoms with van der Waals surface area (Å²) in [6.07, 6.45) is 0. The molecule has 0 unspecified atom stereocenters. The first-order chi connectivity index (χ1) is 16.0. The number of nitrogens with one attached hydrogen (secondary N) is 1. The SMILES string of the molecule is CC(C)[NH+](Cc1cc(C(C)(C)C)c(O)c(C(C)(C)C)c1)Cc1cc(C(C)(C)C)c(O)c(C(C)(C)C)c1. The van der Waals surface area contributed by atoms with Crippen LogP contribution in [0.3, 0.4) is 0 Å². The van der Waals surface area contributed by atoms with Crippen LogP contribution in [-0.2, 0) is 34.7 Å². The van der Waals surface area contributed by atoms with Gasteiger partial charge in [0, 0.05) is 33.4 Å². The summed E-state index contributed by atoms with van der Waals surface area (Å²) in [7, 11) is 0. The van der Waals surface area contributed by atoms with E-state index in [1.54, 1.807) is 0 Å². The van der Waals surface area contributed by atoms with Gasteiger partial charge in [-0.15, -0.1) is 0 Å². The standard InChI is InChI=1S/C33H53NO2/c1-21(2)34(19-22-15-24(30(3,4)5)28(35)25(16-22)31(6,7)8)20-23-17-26(32(9,10)11)29(36)27(18-23)33(12,13)14/h15-18,21,35-36H,19-20H2,1-14H3/p+1. The average molecular weight is 497 g/mol. The number of quaternary nitrogens is 1. The second-order valence-corrected chi connectivity index (χ2v) is 15.2. The summed E-state index contributed by atoms with van der Waals surface area (Å²) in [6.45, 7) is 32.4. The highest BCUT2D eigenvalue weighted by molar-refractivity contribution is 5.51. The van der Waals surface area contributed by atoms with Gasteiger partial charge < -0.3 is 15.1 Å². The van der Waals surface area contributed by atoms with Crippen LogP contribution in [0.25, 0.3) is 0 Å². The Bertz CT molecular complexity index is 913. The lowest BCUT2D eigenvalue weighted by Gasteiger charge is -2.31. The third-order valence-electron chi connectivity index (χ3n) is 7.25. The molecule has 202 valence electrons. The maximum absolute atomic E-state index is 11.2. The molecule has 3 heteroatoms. The third kappa shape index (κ3) is 7.06. The Kier molecular flexibility index (Phi) is 8.43. The predicted molar refractivity (Wildman–Crippen MR) is 155 cm³/mol. The van der Waals surface area contributed by atoms with Gasteiger partial charge in [-0.3, -0.25) is 0 Å². The second kappa shape index (κ2) is 10.0. The molecule has 0 fully saturated rings. The van der Waals surface area contributed by atoms with E-state index in [1.807, 2.05) is 0 Å². The Hall–Kier alpha value is -2.00. The maximum atomic E-state index is 11.2. The Morgan fingerprint density at radius 1 is 0.528 bits per heavy atom. The van der Waals surface area contributed by atoms with Crippen molar-refractivity contribution in [3.8, 4) is 11.5 Å². The smallest absolute Gasteiger partial charge is 0.123 e. The highest BCUT2D eigenvalue weighted by atomic mass is 16.3. The van der Waals surface area contributed by atoms with Crippen molar-refractivity contribution in [1.29, 1.82) is 0 Å². The molecular formula is C33H54NO2+. The molecule has 0 aliphatic heterocycles. The second-order valence-electron chi connectivity index (χ2n) is 15.2. The number of rotatable bonds is 5. The lowest BCUT2D eigenvalue weighted by atomic mass is 9.78. The zero-order valence-corrected chi connectivity index (χ0v) is 25.7. The summed E-state index contributed by atoms with van der Waals surface area (Å²) in [6, 6.07) is 9.27. The van der Waals surface area contributed by atoms with E-state index in [1.165, 1.54) is 16.0 Å². The van der Waals surface area contributed by atoms with E-state index in [9.17, 15) is 10.2 Å². The molecule has 0 radical (unpaired) electrons. The van der Waals surface area contributed by atoms with Crippen molar-refractivity contribution >= 4 is 0 Å². The van der Waals surface area contributed by atoms with E-state index in [2.05, 4.69) is 121 Å². The molecule has 3 N–H and O–H groups in total. The summed E-state index contributed by atoms with van der Waals surface area (Å²) in [5.74, 6) is 0.876. The van der Waals surface area contributed by atoms with Crippen LogP contribution in [0.5, 0.6) is 11.5 Å². The number of aromatic hydroxyl groups is 2. The van der Waals surface area contributed by atoms with E-state index in [4.69, 9.17) is 0 Å². The number of hydrogen-bond acceptors (Lipinski definition) is 2. The first-order valence-electron chi connectivity index (χ1n) is 13.6. The molecule has 0 heterocycles. The third-order valence-corrected chi connectivity index (χ3v) is 7.25. The Labute approximate surface area is 222 Å². The molecule has 0 bridgehead atoms. The molecule has 0 spiro atoms. The number of hydrogen-bond donors (Lipinski definition) is 3. The van der Waals surface area contributed by atoms with E-state index < -0.39 is 0 Å². The van der Waals surface area contributed by atoms with Gasteiger partial charge in [-0.2, -0.15) is 0 Å². The van der Waals surface area contributed by atoms with Crippen LogP contribution in [-0.4, -0.2) is 16.3 Å². The van der Waals surface area contributed by atoms with Gasteiger partial charge in [-0.05, 0) is 59.8 Å². The summed E-state index contributed by atoms with van der Waals surface area (Å²) < 4.78 is 0. The van der Waals surface area contributed by atoms with Crippen molar-refractivity contribution in [3.63, 3.8) is 0 Å². The van der Waals surface area contributed by atoms with Crippen LogP contribution >= 0.6 is 0 Å². The quantitative estimate of drug-likeness (QED) is 0.407. The summed E-state index contributed by atoms with van der Waals surface area (Å²) in [5, 5.41) is 22.3. The summed E-state index contributed by atoms with van der Waals surface area (Å²) >= 11 is 0. The predicted octanol–water partition coefficient (Wildman–Crippen LogP) is 7.28. The summed E-state index contributed by atoms with van der Waals surface area (Å²) in [5.41, 5.74) is 6.03. The van der Waals surface area contributed by atoms with Crippen LogP contribution < -0.4 is 4.90 Å². The van der Waals surface area contributed by atoms with Gasteiger partial charge in [0.15, 0.2) is 0 Å². The lowest BCUT2D eigenvalue weighted by molar-refractivity contribution is -0.948. The monoisotopic (exact) mass is 496 g/mol. The lowest BCUT2D eigenvalue weighted by Crippen LogP contribution is -3.12. The molecule has 2 aromatic rings. The van der Waals surface area contributed by atoms with Gasteiger partial charge in [-0.1, -0.05) is 83.1 Å². The Morgan fingerprint density at radius 2 is 0.750 bits per heavy atom. The molecule has 0 aromatic heterocycles. The first kappa shape index (κ1) is 30.2. The minimum atomic E-state index is -0.141. The van der Waals surface area contributed by atoms with Crippen LogP contribution in [0.1, 0.15) is 130 Å². The molecule has 0 amide bonds. The molecule has 0 saturated carbocycles. The van der Waals surface area contributed by atoms with E-state index in [-0.39, 0.29) is 21.7 Å². The van der Waals surface area contributed by atoms with Crippen molar-refractivity contribution in [3.05, 3.63) is 57.6 Å². The fourth-order valence-electron chi connectivity index (χ4n) is 4.87. The van der Waals surface area contributed by atoms with Gasteiger partial charge in [-0.25, -0.2) is 0 Å². The molecule has 0 atom stereocenters. The molecule has 3 nitrogen and oxygen atoms in total. The molecule has 0 aliphatic rings. The van der Waals surface area contributed by atoms with Crippen LogP contribution in [0.4, 0.5) is 0 Å². The van der Waals surface area contributed by atoms with Crippen molar-refractivity contribution < 1.29 is 15.1 Å². The zero-order chi connectivity index (χ0) is 28.0. The zero-order valence-electron chi connectivity index (χ0n) is 25.7. The minimum absolute atomic E-state index is 0.141. The van der Waals surface area contributed by atoms with Crippen LogP contribution in [0.15, 0.2) is 24.3 Å². The molecule has 2 aromatic carbocycles. The number of phenolic OH excluding ortho intramolecular Hbond substituents is 2. The fraction of sp³-hybridized carbons (Fsp3) is 0.636. The molecule has 0 saturated heterocycles. The highest BCUT2D eigenvalue weighted by Crippen LogP contribution is 2.41. The van der Waals surface area contributed by atoms with E-state index >= 15 is 0 Å².